The number of Topliss-reactive ketones (excluding diaryl/α,β-unsaturated/α-hetero) is 1. The van der Waals surface area contributed by atoms with E-state index in [2.05, 4.69) is 0 Å². The Bertz CT molecular complexity index is 454. The second-order valence-electron chi connectivity index (χ2n) is 2.77. The molecular formula is C8H6N2O5. The Balaban J connectivity index is 3.40. The molecule has 7 nitrogen and oxygen atoms in total. The molecule has 1 rings (SSSR count). The number of benzene rings is 1. The quantitative estimate of drug-likeness (QED) is 0.429. The molecule has 0 heterocycles. The summed E-state index contributed by atoms with van der Waals surface area (Å²) < 4.78 is 0. The fourth-order valence-corrected chi connectivity index (χ4v) is 1.08. The van der Waals surface area contributed by atoms with Gasteiger partial charge < -0.3 is 0 Å². The summed E-state index contributed by atoms with van der Waals surface area (Å²) >= 11 is 0. The molecule has 0 fully saturated rings. The van der Waals surface area contributed by atoms with Crippen molar-refractivity contribution in [1.82, 2.24) is 0 Å². The van der Waals surface area contributed by atoms with Crippen molar-refractivity contribution in [2.45, 2.75) is 6.92 Å². The maximum absolute atomic E-state index is 11.0. The zero-order valence-electron chi connectivity index (χ0n) is 7.67. The molecule has 0 saturated carbocycles. The summed E-state index contributed by atoms with van der Waals surface area (Å²) in [5.74, 6) is -0.578. The van der Waals surface area contributed by atoms with E-state index in [-0.39, 0.29) is 11.3 Å². The van der Waals surface area contributed by atoms with Crippen LogP contribution in [0.3, 0.4) is 0 Å². The predicted octanol–water partition coefficient (Wildman–Crippen LogP) is 1.71. The van der Waals surface area contributed by atoms with Gasteiger partial charge in [0.1, 0.15) is 5.56 Å². The molecule has 1 aromatic carbocycles. The number of nitrogens with zero attached hydrogens (tertiary/aromatic N) is 2. The third kappa shape index (κ3) is 2.13. The Kier molecular flexibility index (Phi) is 2.75. The first-order valence-electron chi connectivity index (χ1n) is 3.87. The van der Waals surface area contributed by atoms with Crippen LogP contribution in [-0.2, 0) is 0 Å². The molecule has 0 bridgehead atoms. The molecule has 15 heavy (non-hydrogen) atoms. The van der Waals surface area contributed by atoms with Gasteiger partial charge in [-0.2, -0.15) is 0 Å². The van der Waals surface area contributed by atoms with Crippen LogP contribution in [0.15, 0.2) is 18.2 Å². The average molecular weight is 210 g/mol. The second-order valence-corrected chi connectivity index (χ2v) is 2.77. The summed E-state index contributed by atoms with van der Waals surface area (Å²) in [6.07, 6.45) is 0. The minimum atomic E-state index is -0.750. The van der Waals surface area contributed by atoms with E-state index in [1.165, 1.54) is 0 Å². The van der Waals surface area contributed by atoms with Crippen LogP contribution in [0.25, 0.3) is 0 Å². The molecule has 0 atom stereocenters. The first-order chi connectivity index (χ1) is 6.93. The van der Waals surface area contributed by atoms with Crippen LogP contribution in [0.2, 0.25) is 0 Å². The summed E-state index contributed by atoms with van der Waals surface area (Å²) in [4.78, 5) is 30.4. The fourth-order valence-electron chi connectivity index (χ4n) is 1.08. The van der Waals surface area contributed by atoms with Crippen LogP contribution >= 0.6 is 0 Å². The molecule has 1 aromatic rings. The standard InChI is InChI=1S/C8H6N2O5/c1-5(11)7-4-6(9(12)13)2-3-8(7)10(14)15/h2-4H,1H3. The second kappa shape index (κ2) is 3.82. The molecule has 0 aliphatic carbocycles. The van der Waals surface area contributed by atoms with Crippen molar-refractivity contribution in [3.05, 3.63) is 44.0 Å². The van der Waals surface area contributed by atoms with E-state index in [0.29, 0.717) is 0 Å². The molecule has 7 heteroatoms. The van der Waals surface area contributed by atoms with Gasteiger partial charge in [-0.3, -0.25) is 25.0 Å². The van der Waals surface area contributed by atoms with Gasteiger partial charge in [-0.1, -0.05) is 0 Å². The molecule has 0 aliphatic heterocycles. The molecule has 0 amide bonds. The normalized spacial score (nSPS) is 9.67. The molecule has 0 N–H and O–H groups in total. The van der Waals surface area contributed by atoms with Crippen molar-refractivity contribution >= 4 is 17.2 Å². The van der Waals surface area contributed by atoms with Crippen LogP contribution in [0, 0.1) is 20.2 Å². The molecule has 0 spiro atoms. The number of hydrogen-bond acceptors (Lipinski definition) is 5. The van der Waals surface area contributed by atoms with E-state index >= 15 is 0 Å². The highest BCUT2D eigenvalue weighted by atomic mass is 16.6. The van der Waals surface area contributed by atoms with Crippen molar-refractivity contribution in [3.63, 3.8) is 0 Å². The van der Waals surface area contributed by atoms with E-state index in [1.807, 2.05) is 0 Å². The number of nitro groups is 2. The molecule has 0 radical (unpaired) electrons. The van der Waals surface area contributed by atoms with Crippen LogP contribution in [0.1, 0.15) is 17.3 Å². The SMILES string of the molecule is CC(=O)c1cc([N+](=O)[O-])ccc1[N+](=O)[O-]. The Morgan fingerprint density at radius 2 is 1.80 bits per heavy atom. The van der Waals surface area contributed by atoms with Gasteiger partial charge in [-0.25, -0.2) is 0 Å². The first kappa shape index (κ1) is 10.8. The van der Waals surface area contributed by atoms with Crippen LogP contribution < -0.4 is 0 Å². The van der Waals surface area contributed by atoms with Crippen molar-refractivity contribution in [2.75, 3.05) is 0 Å². The number of rotatable bonds is 3. The van der Waals surface area contributed by atoms with Crippen LogP contribution in [-0.4, -0.2) is 15.6 Å². The average Bonchev–Trinajstić information content (AvgIpc) is 2.16. The lowest BCUT2D eigenvalue weighted by atomic mass is 10.1. The zero-order valence-corrected chi connectivity index (χ0v) is 7.67. The number of non-ortho nitro benzene ring substituents is 1. The van der Waals surface area contributed by atoms with Gasteiger partial charge in [0.15, 0.2) is 5.78 Å². The van der Waals surface area contributed by atoms with Gasteiger partial charge >= 0.3 is 0 Å². The number of ketones is 1. The summed E-state index contributed by atoms with van der Waals surface area (Å²) in [7, 11) is 0. The highest BCUT2D eigenvalue weighted by molar-refractivity contribution is 5.98. The highest BCUT2D eigenvalue weighted by Gasteiger charge is 2.20. The number of nitro benzene ring substituents is 2. The van der Waals surface area contributed by atoms with E-state index in [4.69, 9.17) is 0 Å². The number of carbonyl (C=O) groups excluding carboxylic acids is 1. The maximum Gasteiger partial charge on any atom is 0.280 e. The van der Waals surface area contributed by atoms with Gasteiger partial charge in [0, 0.05) is 18.2 Å². The lowest BCUT2D eigenvalue weighted by Crippen LogP contribution is -2.01. The van der Waals surface area contributed by atoms with E-state index < -0.39 is 21.3 Å². The van der Waals surface area contributed by atoms with Gasteiger partial charge in [-0.05, 0) is 6.92 Å². The lowest BCUT2D eigenvalue weighted by Gasteiger charge is -1.98. The Hall–Kier alpha value is -2.31. The number of hydrogen-bond donors (Lipinski definition) is 0. The lowest BCUT2D eigenvalue weighted by molar-refractivity contribution is -0.389. The third-order valence-corrected chi connectivity index (χ3v) is 1.77. The predicted molar refractivity (Wildman–Crippen MR) is 49.8 cm³/mol. The Labute approximate surface area is 83.6 Å². The van der Waals surface area contributed by atoms with Gasteiger partial charge in [-0.15, -0.1) is 0 Å². The fraction of sp³-hybridized carbons (Fsp3) is 0.125. The third-order valence-electron chi connectivity index (χ3n) is 1.77. The van der Waals surface area contributed by atoms with Gasteiger partial charge in [0.2, 0.25) is 0 Å². The molecule has 0 aromatic heterocycles. The molecular weight excluding hydrogens is 204 g/mol. The molecule has 78 valence electrons. The highest BCUT2D eigenvalue weighted by Crippen LogP contribution is 2.24. The maximum atomic E-state index is 11.0. The van der Waals surface area contributed by atoms with Crippen molar-refractivity contribution in [1.29, 1.82) is 0 Å². The van der Waals surface area contributed by atoms with Gasteiger partial charge in [0.25, 0.3) is 11.4 Å². The molecule has 0 saturated heterocycles. The number of carbonyl (C=O) groups is 1. The largest absolute Gasteiger partial charge is 0.294 e. The smallest absolute Gasteiger partial charge is 0.280 e. The first-order valence-corrected chi connectivity index (χ1v) is 3.87. The van der Waals surface area contributed by atoms with Crippen LogP contribution in [0.4, 0.5) is 11.4 Å². The van der Waals surface area contributed by atoms with Crippen molar-refractivity contribution in [3.8, 4) is 0 Å². The minimum absolute atomic E-state index is 0.255. The monoisotopic (exact) mass is 210 g/mol. The van der Waals surface area contributed by atoms with Gasteiger partial charge in [0.05, 0.1) is 9.85 Å². The van der Waals surface area contributed by atoms with Crippen molar-refractivity contribution in [2.24, 2.45) is 0 Å². The van der Waals surface area contributed by atoms with E-state index in [9.17, 15) is 25.0 Å². The zero-order chi connectivity index (χ0) is 11.6. The summed E-state index contributed by atoms with van der Waals surface area (Å²) in [5.41, 5.74) is -1.02. The van der Waals surface area contributed by atoms with E-state index in [1.54, 1.807) is 0 Å². The summed E-state index contributed by atoms with van der Waals surface area (Å²) in [5, 5.41) is 20.9. The van der Waals surface area contributed by atoms with E-state index in [0.717, 1.165) is 25.1 Å². The van der Waals surface area contributed by atoms with Crippen molar-refractivity contribution < 1.29 is 14.6 Å². The Morgan fingerprint density at radius 1 is 1.20 bits per heavy atom. The molecule has 0 unspecified atom stereocenters. The minimum Gasteiger partial charge on any atom is -0.294 e. The van der Waals surface area contributed by atoms with Crippen LogP contribution in [0.5, 0.6) is 0 Å². The molecule has 0 aliphatic rings. The Morgan fingerprint density at radius 3 is 2.20 bits per heavy atom. The topological polar surface area (TPSA) is 103 Å². The summed E-state index contributed by atoms with van der Waals surface area (Å²) in [6, 6.07) is 2.85. The summed E-state index contributed by atoms with van der Waals surface area (Å²) in [6.45, 7) is 1.12.